The predicted octanol–water partition coefficient (Wildman–Crippen LogP) is 5.35. The van der Waals surface area contributed by atoms with E-state index in [0.717, 1.165) is 23.8 Å². The number of rotatable bonds is 6. The quantitative estimate of drug-likeness (QED) is 0.681. The van der Waals surface area contributed by atoms with Crippen LogP contribution in [0, 0.1) is 5.92 Å². The first-order valence-electron chi connectivity index (χ1n) is 9.18. The van der Waals surface area contributed by atoms with Crippen molar-refractivity contribution in [1.82, 2.24) is 9.88 Å². The zero-order valence-corrected chi connectivity index (χ0v) is 16.2. The summed E-state index contributed by atoms with van der Waals surface area (Å²) in [5, 5.41) is 7.34. The molecule has 3 rings (SSSR count). The first-order valence-corrected chi connectivity index (χ1v) is 10.00. The second kappa shape index (κ2) is 8.28. The van der Waals surface area contributed by atoms with Crippen molar-refractivity contribution >= 4 is 17.6 Å². The van der Waals surface area contributed by atoms with E-state index in [4.69, 9.17) is 4.52 Å². The molecule has 0 spiro atoms. The van der Waals surface area contributed by atoms with Crippen LogP contribution in [0.1, 0.15) is 46.5 Å². The Labute approximate surface area is 155 Å². The largest absolute Gasteiger partial charge is 0.385 e. The lowest BCUT2D eigenvalue weighted by Crippen LogP contribution is -2.33. The maximum atomic E-state index is 5.19. The zero-order valence-electron chi connectivity index (χ0n) is 15.4. The third kappa shape index (κ3) is 5.79. The SMILES string of the molecule is CC(C)(C)SN[C@H]1CC[C@H](CNc2ccc(-c3ccno3)cc2)CC1. The molecule has 1 aliphatic rings. The summed E-state index contributed by atoms with van der Waals surface area (Å²) in [4.78, 5) is 0. The summed E-state index contributed by atoms with van der Waals surface area (Å²) in [6, 6.07) is 10.9. The molecule has 136 valence electrons. The standard InChI is InChI=1S/C20H29N3OS/c1-20(2,3)25-23-18-8-4-15(5-9-18)14-21-17-10-6-16(7-11-17)19-12-13-22-24-19/h6-7,10-13,15,18,21,23H,4-5,8-9,14H2,1-3H3/t15-,18-. The van der Waals surface area contributed by atoms with Crippen LogP contribution in [0.5, 0.6) is 0 Å². The van der Waals surface area contributed by atoms with E-state index >= 15 is 0 Å². The van der Waals surface area contributed by atoms with Gasteiger partial charge in [-0.1, -0.05) is 17.1 Å². The molecule has 0 aliphatic heterocycles. The van der Waals surface area contributed by atoms with Gasteiger partial charge in [0, 0.05) is 34.7 Å². The van der Waals surface area contributed by atoms with Gasteiger partial charge in [0.15, 0.2) is 5.76 Å². The van der Waals surface area contributed by atoms with Gasteiger partial charge in [0.05, 0.1) is 6.20 Å². The molecule has 0 saturated heterocycles. The van der Waals surface area contributed by atoms with E-state index < -0.39 is 0 Å². The number of benzene rings is 1. The van der Waals surface area contributed by atoms with Crippen LogP contribution in [0.4, 0.5) is 5.69 Å². The van der Waals surface area contributed by atoms with Gasteiger partial charge < -0.3 is 9.84 Å². The van der Waals surface area contributed by atoms with Gasteiger partial charge in [0.1, 0.15) is 0 Å². The van der Waals surface area contributed by atoms with Crippen LogP contribution in [-0.4, -0.2) is 22.5 Å². The predicted molar refractivity (Wildman–Crippen MR) is 107 cm³/mol. The van der Waals surface area contributed by atoms with Crippen molar-refractivity contribution in [3.8, 4) is 11.3 Å². The van der Waals surface area contributed by atoms with Crippen LogP contribution in [0.2, 0.25) is 0 Å². The molecule has 5 heteroatoms. The van der Waals surface area contributed by atoms with Crippen molar-refractivity contribution in [2.24, 2.45) is 5.92 Å². The monoisotopic (exact) mass is 359 g/mol. The highest BCUT2D eigenvalue weighted by atomic mass is 32.2. The van der Waals surface area contributed by atoms with E-state index in [1.807, 2.05) is 18.0 Å². The number of nitrogens with one attached hydrogen (secondary N) is 2. The fraction of sp³-hybridized carbons (Fsp3) is 0.550. The van der Waals surface area contributed by atoms with Crippen LogP contribution < -0.4 is 10.0 Å². The molecule has 1 aromatic carbocycles. The number of hydrogen-bond acceptors (Lipinski definition) is 5. The van der Waals surface area contributed by atoms with Gasteiger partial charge in [-0.25, -0.2) is 0 Å². The minimum Gasteiger partial charge on any atom is -0.385 e. The first-order chi connectivity index (χ1) is 12.0. The maximum absolute atomic E-state index is 5.19. The lowest BCUT2D eigenvalue weighted by atomic mass is 9.86. The van der Waals surface area contributed by atoms with E-state index in [-0.39, 0.29) is 4.75 Å². The molecule has 2 N–H and O–H groups in total. The molecule has 0 bridgehead atoms. The van der Waals surface area contributed by atoms with Gasteiger partial charge in [-0.3, -0.25) is 4.72 Å². The van der Waals surface area contributed by atoms with Crippen LogP contribution in [0.25, 0.3) is 11.3 Å². The van der Waals surface area contributed by atoms with Crippen molar-refractivity contribution < 1.29 is 4.52 Å². The number of anilines is 1. The lowest BCUT2D eigenvalue weighted by molar-refractivity contribution is 0.328. The smallest absolute Gasteiger partial charge is 0.166 e. The molecule has 25 heavy (non-hydrogen) atoms. The van der Waals surface area contributed by atoms with E-state index in [2.05, 4.69) is 60.2 Å². The number of nitrogens with zero attached hydrogens (tertiary/aromatic N) is 1. The fourth-order valence-electron chi connectivity index (χ4n) is 3.12. The Morgan fingerprint density at radius 1 is 1.08 bits per heavy atom. The molecule has 1 fully saturated rings. The summed E-state index contributed by atoms with van der Waals surface area (Å²) in [6.45, 7) is 7.83. The Morgan fingerprint density at radius 3 is 2.40 bits per heavy atom. The van der Waals surface area contributed by atoms with E-state index in [1.165, 1.54) is 31.4 Å². The van der Waals surface area contributed by atoms with Gasteiger partial charge in [0.25, 0.3) is 0 Å². The number of aromatic nitrogens is 1. The Hall–Kier alpha value is -1.46. The molecular weight excluding hydrogens is 330 g/mol. The first kappa shape index (κ1) is 18.3. The molecule has 1 saturated carbocycles. The Bertz CT molecular complexity index is 626. The van der Waals surface area contributed by atoms with E-state index in [1.54, 1.807) is 6.20 Å². The average Bonchev–Trinajstić information content (AvgIpc) is 3.13. The van der Waals surface area contributed by atoms with Crippen LogP contribution in [0.3, 0.4) is 0 Å². The van der Waals surface area contributed by atoms with Gasteiger partial charge >= 0.3 is 0 Å². The van der Waals surface area contributed by atoms with Crippen molar-refractivity contribution in [2.75, 3.05) is 11.9 Å². The number of hydrogen-bond donors (Lipinski definition) is 2. The van der Waals surface area contributed by atoms with Crippen LogP contribution in [0.15, 0.2) is 41.1 Å². The molecule has 1 aromatic heterocycles. The Balaban J connectivity index is 1.40. The Kier molecular flexibility index (Phi) is 6.07. The van der Waals surface area contributed by atoms with Gasteiger partial charge in [0.2, 0.25) is 0 Å². The van der Waals surface area contributed by atoms with E-state index in [0.29, 0.717) is 6.04 Å². The Morgan fingerprint density at radius 2 is 1.80 bits per heavy atom. The highest BCUT2D eigenvalue weighted by molar-refractivity contribution is 7.98. The third-order valence-corrected chi connectivity index (χ3v) is 5.64. The van der Waals surface area contributed by atoms with Gasteiger partial charge in [-0.15, -0.1) is 0 Å². The topological polar surface area (TPSA) is 50.1 Å². The molecule has 4 nitrogen and oxygen atoms in total. The second-order valence-electron chi connectivity index (χ2n) is 7.88. The minimum atomic E-state index is 0.288. The minimum absolute atomic E-state index is 0.288. The normalized spacial score (nSPS) is 21.2. The van der Waals surface area contributed by atoms with Gasteiger partial charge in [-0.05, 0) is 76.6 Å². The molecule has 0 amide bonds. The average molecular weight is 360 g/mol. The highest BCUT2D eigenvalue weighted by Crippen LogP contribution is 2.29. The molecule has 1 aliphatic carbocycles. The highest BCUT2D eigenvalue weighted by Gasteiger charge is 2.22. The second-order valence-corrected chi connectivity index (χ2v) is 9.55. The summed E-state index contributed by atoms with van der Waals surface area (Å²) < 4.78 is 9.13. The fourth-order valence-corrected chi connectivity index (χ4v) is 3.88. The van der Waals surface area contributed by atoms with Crippen LogP contribution in [-0.2, 0) is 0 Å². The molecule has 0 radical (unpaired) electrons. The third-order valence-electron chi connectivity index (χ3n) is 4.58. The summed E-state index contributed by atoms with van der Waals surface area (Å²) >= 11 is 1.87. The lowest BCUT2D eigenvalue weighted by Gasteiger charge is -2.31. The van der Waals surface area contributed by atoms with Gasteiger partial charge in [-0.2, -0.15) is 0 Å². The zero-order chi connectivity index (χ0) is 17.7. The molecule has 0 atom stereocenters. The summed E-state index contributed by atoms with van der Waals surface area (Å²) in [7, 11) is 0. The van der Waals surface area contributed by atoms with Crippen LogP contribution >= 0.6 is 11.9 Å². The van der Waals surface area contributed by atoms with Crippen molar-refractivity contribution in [1.29, 1.82) is 0 Å². The van der Waals surface area contributed by atoms with Crippen molar-refractivity contribution in [3.05, 3.63) is 36.5 Å². The molecule has 2 aromatic rings. The molecular formula is C20H29N3OS. The van der Waals surface area contributed by atoms with E-state index in [9.17, 15) is 0 Å². The summed E-state index contributed by atoms with van der Waals surface area (Å²) in [6.07, 6.45) is 6.82. The molecule has 1 heterocycles. The summed E-state index contributed by atoms with van der Waals surface area (Å²) in [5.41, 5.74) is 2.23. The van der Waals surface area contributed by atoms with Crippen molar-refractivity contribution in [2.45, 2.75) is 57.2 Å². The maximum Gasteiger partial charge on any atom is 0.166 e. The molecule has 0 unspecified atom stereocenters. The summed E-state index contributed by atoms with van der Waals surface area (Å²) in [5.74, 6) is 1.58. The van der Waals surface area contributed by atoms with Crippen molar-refractivity contribution in [3.63, 3.8) is 0 Å².